The number of esters is 1. The van der Waals surface area contributed by atoms with E-state index in [0.29, 0.717) is 29.8 Å². The maximum atomic E-state index is 13.3. The number of fused-ring (bicyclic) bond motifs is 4. The molecule has 0 fully saturated rings. The number of nitrogens with two attached hydrogens (primary N) is 1. The number of ether oxygens (including phenoxy) is 1. The summed E-state index contributed by atoms with van der Waals surface area (Å²) in [6.45, 7) is 4.17. The minimum atomic E-state index is -0.841. The lowest BCUT2D eigenvalue weighted by Crippen LogP contribution is -2.35. The molecule has 0 amide bonds. The first kappa shape index (κ1) is 21.1. The number of carbonyl (C=O) groups excluding carboxylic acids is 1. The molecule has 0 spiro atoms. The number of benzene rings is 1. The summed E-state index contributed by atoms with van der Waals surface area (Å²) < 4.78 is 7.52. The number of hydrogen-bond acceptors (Lipinski definition) is 6. The maximum Gasteiger partial charge on any atom is 0.323 e. The fraction of sp³-hybridized carbons (Fsp3) is 0.280. The lowest BCUT2D eigenvalue weighted by atomic mass is 10.0. The van der Waals surface area contributed by atoms with E-state index >= 15 is 0 Å². The van der Waals surface area contributed by atoms with E-state index in [1.54, 1.807) is 24.0 Å². The number of rotatable bonds is 6. The van der Waals surface area contributed by atoms with Gasteiger partial charge in [-0.25, -0.2) is 9.97 Å². The Morgan fingerprint density at radius 2 is 2.12 bits per heavy atom. The molecule has 1 aromatic carbocycles. The van der Waals surface area contributed by atoms with Gasteiger partial charge in [0, 0.05) is 34.7 Å². The van der Waals surface area contributed by atoms with E-state index in [2.05, 4.69) is 16.0 Å². The Hall–Kier alpha value is -3.78. The summed E-state index contributed by atoms with van der Waals surface area (Å²) in [6.07, 6.45) is 3.45. The molecule has 3 aromatic heterocycles. The van der Waals surface area contributed by atoms with Crippen molar-refractivity contribution in [3.8, 4) is 11.4 Å². The highest BCUT2D eigenvalue weighted by atomic mass is 16.5. The summed E-state index contributed by atoms with van der Waals surface area (Å²) in [5, 5.41) is 1.04. The van der Waals surface area contributed by atoms with Gasteiger partial charge in [-0.1, -0.05) is 25.1 Å². The standard InChI is InChI=1S/C25H25N5O3/c1-3-22(33-25(32)19(26)9-17-11-27-13-28-17)18-10-21-23-16(12-30(21)24(31)14(18)2)8-15-6-4-5-7-20(15)29-23/h4-8,10-11,13,19,22H,3,9,12,26H2,1-2H3,(H,27,28). The van der Waals surface area contributed by atoms with Gasteiger partial charge in [-0.15, -0.1) is 0 Å². The molecule has 0 aliphatic carbocycles. The molecule has 5 rings (SSSR count). The molecule has 168 valence electrons. The molecule has 4 heterocycles. The molecule has 0 saturated heterocycles. The second kappa shape index (κ2) is 8.29. The van der Waals surface area contributed by atoms with E-state index in [1.165, 1.54) is 0 Å². The zero-order valence-electron chi connectivity index (χ0n) is 18.5. The summed E-state index contributed by atoms with van der Waals surface area (Å²) >= 11 is 0. The Bertz CT molecular complexity index is 1410. The molecule has 1 aliphatic heterocycles. The highest BCUT2D eigenvalue weighted by Gasteiger charge is 2.28. The van der Waals surface area contributed by atoms with E-state index < -0.39 is 18.1 Å². The van der Waals surface area contributed by atoms with Crippen LogP contribution in [0.3, 0.4) is 0 Å². The van der Waals surface area contributed by atoms with Gasteiger partial charge in [0.15, 0.2) is 0 Å². The van der Waals surface area contributed by atoms with Crippen molar-refractivity contribution in [3.63, 3.8) is 0 Å². The van der Waals surface area contributed by atoms with Crippen LogP contribution in [0.4, 0.5) is 0 Å². The van der Waals surface area contributed by atoms with Gasteiger partial charge in [0.05, 0.1) is 35.5 Å². The average molecular weight is 444 g/mol. The minimum Gasteiger partial charge on any atom is -0.456 e. The van der Waals surface area contributed by atoms with Crippen LogP contribution in [-0.2, 0) is 22.5 Å². The number of para-hydroxylation sites is 1. The molecule has 0 radical (unpaired) electrons. The van der Waals surface area contributed by atoms with Crippen molar-refractivity contribution in [1.82, 2.24) is 19.5 Å². The molecule has 33 heavy (non-hydrogen) atoms. The first-order valence-corrected chi connectivity index (χ1v) is 11.0. The minimum absolute atomic E-state index is 0.0973. The summed E-state index contributed by atoms with van der Waals surface area (Å²) in [5.41, 5.74) is 11.3. The summed E-state index contributed by atoms with van der Waals surface area (Å²) in [4.78, 5) is 37.7. The number of aromatic nitrogens is 4. The van der Waals surface area contributed by atoms with Crippen LogP contribution in [0.2, 0.25) is 0 Å². The lowest BCUT2D eigenvalue weighted by molar-refractivity contribution is -0.151. The maximum absolute atomic E-state index is 13.3. The largest absolute Gasteiger partial charge is 0.456 e. The van der Waals surface area contributed by atoms with Gasteiger partial charge in [0.1, 0.15) is 12.1 Å². The fourth-order valence-electron chi connectivity index (χ4n) is 4.43. The topological polar surface area (TPSA) is 116 Å². The first-order chi connectivity index (χ1) is 16.0. The Labute approximate surface area is 190 Å². The molecule has 8 heteroatoms. The summed E-state index contributed by atoms with van der Waals surface area (Å²) in [7, 11) is 0. The van der Waals surface area contributed by atoms with Crippen LogP contribution < -0.4 is 11.3 Å². The van der Waals surface area contributed by atoms with Crippen LogP contribution in [0, 0.1) is 6.92 Å². The van der Waals surface area contributed by atoms with Crippen LogP contribution in [0.5, 0.6) is 0 Å². The Balaban J connectivity index is 1.49. The Kier molecular flexibility index (Phi) is 5.30. The lowest BCUT2D eigenvalue weighted by Gasteiger charge is -2.21. The van der Waals surface area contributed by atoms with Crippen LogP contribution in [-0.4, -0.2) is 31.5 Å². The smallest absolute Gasteiger partial charge is 0.323 e. The van der Waals surface area contributed by atoms with Crippen molar-refractivity contribution in [1.29, 1.82) is 0 Å². The third-order valence-corrected chi connectivity index (χ3v) is 6.22. The highest BCUT2D eigenvalue weighted by Crippen LogP contribution is 2.34. The van der Waals surface area contributed by atoms with Gasteiger partial charge < -0.3 is 20.0 Å². The SMILES string of the molecule is CCC(OC(=O)C(N)Cc1c[nH]cn1)c1cc2n(c(=O)c1C)Cc1cc3ccccc3nc1-2. The van der Waals surface area contributed by atoms with Crippen molar-refractivity contribution < 1.29 is 9.53 Å². The number of nitrogens with zero attached hydrogens (tertiary/aromatic N) is 3. The van der Waals surface area contributed by atoms with E-state index in [1.807, 2.05) is 37.3 Å². The van der Waals surface area contributed by atoms with Crippen molar-refractivity contribution in [2.45, 2.75) is 45.4 Å². The van der Waals surface area contributed by atoms with Gasteiger partial charge >= 0.3 is 5.97 Å². The van der Waals surface area contributed by atoms with Crippen molar-refractivity contribution >= 4 is 16.9 Å². The number of pyridine rings is 2. The third-order valence-electron chi connectivity index (χ3n) is 6.22. The zero-order valence-corrected chi connectivity index (χ0v) is 18.5. The van der Waals surface area contributed by atoms with Crippen LogP contribution >= 0.6 is 0 Å². The predicted molar refractivity (Wildman–Crippen MR) is 125 cm³/mol. The van der Waals surface area contributed by atoms with Crippen molar-refractivity contribution in [2.75, 3.05) is 0 Å². The van der Waals surface area contributed by atoms with Crippen LogP contribution in [0.1, 0.15) is 41.8 Å². The zero-order chi connectivity index (χ0) is 23.1. The number of nitrogens with one attached hydrogen (secondary N) is 1. The predicted octanol–water partition coefficient (Wildman–Crippen LogP) is 3.02. The second-order valence-corrected chi connectivity index (χ2v) is 8.39. The van der Waals surface area contributed by atoms with Crippen molar-refractivity contribution in [3.05, 3.63) is 81.7 Å². The van der Waals surface area contributed by atoms with Crippen LogP contribution in [0.25, 0.3) is 22.3 Å². The monoisotopic (exact) mass is 443 g/mol. The van der Waals surface area contributed by atoms with Gasteiger partial charge in [-0.2, -0.15) is 0 Å². The van der Waals surface area contributed by atoms with Gasteiger partial charge in [-0.05, 0) is 31.5 Å². The van der Waals surface area contributed by atoms with Gasteiger partial charge in [0.2, 0.25) is 0 Å². The Morgan fingerprint density at radius 1 is 1.30 bits per heavy atom. The normalized spacial score (nSPS) is 14.0. The highest BCUT2D eigenvalue weighted by molar-refractivity contribution is 5.84. The number of carbonyl (C=O) groups is 1. The number of H-pyrrole nitrogens is 1. The Morgan fingerprint density at radius 3 is 2.88 bits per heavy atom. The molecular weight excluding hydrogens is 418 g/mol. The quantitative estimate of drug-likeness (QED) is 0.390. The average Bonchev–Trinajstić information content (AvgIpc) is 3.46. The van der Waals surface area contributed by atoms with E-state index in [4.69, 9.17) is 15.5 Å². The fourth-order valence-corrected chi connectivity index (χ4v) is 4.43. The van der Waals surface area contributed by atoms with Crippen LogP contribution in [0.15, 0.2) is 53.7 Å². The van der Waals surface area contributed by atoms with E-state index in [0.717, 1.165) is 27.9 Å². The molecular formula is C25H25N5O3. The first-order valence-electron chi connectivity index (χ1n) is 11.0. The molecule has 0 bridgehead atoms. The molecule has 3 N–H and O–H groups in total. The third kappa shape index (κ3) is 3.72. The van der Waals surface area contributed by atoms with E-state index in [9.17, 15) is 9.59 Å². The van der Waals surface area contributed by atoms with Gasteiger partial charge in [0.25, 0.3) is 5.56 Å². The number of hydrogen-bond donors (Lipinski definition) is 2. The number of imidazole rings is 1. The second-order valence-electron chi connectivity index (χ2n) is 8.39. The molecule has 8 nitrogen and oxygen atoms in total. The van der Waals surface area contributed by atoms with Crippen molar-refractivity contribution in [2.24, 2.45) is 5.73 Å². The summed E-state index contributed by atoms with van der Waals surface area (Å²) in [5.74, 6) is -0.519. The molecule has 1 aliphatic rings. The van der Waals surface area contributed by atoms with Gasteiger partial charge in [-0.3, -0.25) is 9.59 Å². The van der Waals surface area contributed by atoms with E-state index in [-0.39, 0.29) is 12.0 Å². The molecule has 2 unspecified atom stereocenters. The molecule has 2 atom stereocenters. The summed E-state index contributed by atoms with van der Waals surface area (Å²) in [6, 6.07) is 11.1. The number of aromatic amines is 1. The molecule has 4 aromatic rings. The molecule has 0 saturated carbocycles.